The SMILES string of the molecule is Cc1cc(S(=O)(=O)Nc2nnc(SCC(=O)O)s2)c(C)s1. The lowest BCUT2D eigenvalue weighted by molar-refractivity contribution is -0.133. The Labute approximate surface area is 133 Å². The first-order chi connectivity index (χ1) is 9.78. The van der Waals surface area contributed by atoms with Gasteiger partial charge in [0.15, 0.2) is 4.34 Å². The van der Waals surface area contributed by atoms with Crippen LogP contribution in [0.4, 0.5) is 5.13 Å². The van der Waals surface area contributed by atoms with Crippen LogP contribution in [0.3, 0.4) is 0 Å². The zero-order valence-corrected chi connectivity index (χ0v) is 14.2. The Morgan fingerprint density at radius 1 is 1.38 bits per heavy atom. The summed E-state index contributed by atoms with van der Waals surface area (Å²) in [5, 5.41) is 16.1. The number of carboxylic acids is 1. The molecule has 0 atom stereocenters. The molecule has 11 heteroatoms. The standard InChI is InChI=1S/C10H11N3O4S4/c1-5-3-7(6(2)19-5)21(16,17)13-9-11-12-10(20-9)18-4-8(14)15/h3H,4H2,1-2H3,(H,11,13)(H,14,15). The Morgan fingerprint density at radius 2 is 2.10 bits per heavy atom. The highest BCUT2D eigenvalue weighted by molar-refractivity contribution is 8.01. The molecule has 2 aromatic heterocycles. The second-order valence-electron chi connectivity index (χ2n) is 3.94. The fourth-order valence-corrected chi connectivity index (χ4v) is 5.74. The van der Waals surface area contributed by atoms with E-state index in [2.05, 4.69) is 14.9 Å². The summed E-state index contributed by atoms with van der Waals surface area (Å²) in [7, 11) is -3.70. The van der Waals surface area contributed by atoms with Crippen molar-refractivity contribution in [2.45, 2.75) is 23.1 Å². The summed E-state index contributed by atoms with van der Waals surface area (Å²) >= 11 is 3.39. The monoisotopic (exact) mass is 365 g/mol. The number of thioether (sulfide) groups is 1. The van der Waals surface area contributed by atoms with Crippen molar-refractivity contribution in [2.24, 2.45) is 0 Å². The van der Waals surface area contributed by atoms with Gasteiger partial charge in [-0.2, -0.15) is 0 Å². The molecule has 7 nitrogen and oxygen atoms in total. The molecule has 0 aliphatic rings. The van der Waals surface area contributed by atoms with E-state index in [1.54, 1.807) is 13.0 Å². The number of carboxylic acid groups (broad SMARTS) is 1. The van der Waals surface area contributed by atoms with Crippen molar-refractivity contribution in [1.82, 2.24) is 10.2 Å². The van der Waals surface area contributed by atoms with Crippen LogP contribution in [0, 0.1) is 13.8 Å². The number of aromatic nitrogens is 2. The second kappa shape index (κ2) is 6.30. The minimum atomic E-state index is -3.70. The van der Waals surface area contributed by atoms with E-state index < -0.39 is 16.0 Å². The third kappa shape index (κ3) is 4.15. The highest BCUT2D eigenvalue weighted by atomic mass is 32.2. The van der Waals surface area contributed by atoms with Gasteiger partial charge in [0.05, 0.1) is 5.75 Å². The number of anilines is 1. The lowest BCUT2D eigenvalue weighted by Crippen LogP contribution is -2.12. The number of sulfonamides is 1. The summed E-state index contributed by atoms with van der Waals surface area (Å²) in [6.45, 7) is 3.57. The molecular weight excluding hydrogens is 354 g/mol. The lowest BCUT2D eigenvalue weighted by Gasteiger charge is -2.03. The second-order valence-corrected chi connectivity index (χ2v) is 9.25. The molecule has 0 aliphatic heterocycles. The molecule has 0 bridgehead atoms. The first-order valence-corrected chi connectivity index (χ1v) is 9.66. The third-order valence-electron chi connectivity index (χ3n) is 2.23. The van der Waals surface area contributed by atoms with E-state index in [9.17, 15) is 13.2 Å². The molecule has 0 saturated carbocycles. The molecule has 0 amide bonds. The van der Waals surface area contributed by atoms with E-state index >= 15 is 0 Å². The van der Waals surface area contributed by atoms with Crippen LogP contribution in [0.15, 0.2) is 15.3 Å². The van der Waals surface area contributed by atoms with Crippen molar-refractivity contribution in [3.05, 3.63) is 15.8 Å². The fourth-order valence-electron chi connectivity index (χ4n) is 1.48. The van der Waals surface area contributed by atoms with Crippen LogP contribution < -0.4 is 4.72 Å². The normalized spacial score (nSPS) is 11.5. The Balaban J connectivity index is 2.14. The Kier molecular flexibility index (Phi) is 4.86. The number of nitrogens with one attached hydrogen (secondary N) is 1. The van der Waals surface area contributed by atoms with E-state index in [1.807, 2.05) is 6.92 Å². The number of aryl methyl sites for hydroxylation is 2. The van der Waals surface area contributed by atoms with Crippen LogP contribution in [-0.4, -0.2) is 35.4 Å². The van der Waals surface area contributed by atoms with Crippen LogP contribution in [0.5, 0.6) is 0 Å². The number of aliphatic carboxylic acids is 1. The molecule has 2 rings (SSSR count). The average molecular weight is 365 g/mol. The molecular formula is C10H11N3O4S4. The summed E-state index contributed by atoms with van der Waals surface area (Å²) in [4.78, 5) is 12.3. The van der Waals surface area contributed by atoms with Crippen LogP contribution in [0.2, 0.25) is 0 Å². The van der Waals surface area contributed by atoms with E-state index in [4.69, 9.17) is 5.11 Å². The molecule has 0 spiro atoms. The number of thiophene rings is 1. The first kappa shape index (κ1) is 16.2. The van der Waals surface area contributed by atoms with Crippen molar-refractivity contribution in [1.29, 1.82) is 0 Å². The summed E-state index contributed by atoms with van der Waals surface area (Å²) in [6.07, 6.45) is 0. The molecule has 21 heavy (non-hydrogen) atoms. The minimum absolute atomic E-state index is 0.117. The van der Waals surface area contributed by atoms with Gasteiger partial charge in [-0.25, -0.2) is 8.42 Å². The molecule has 2 N–H and O–H groups in total. The van der Waals surface area contributed by atoms with Crippen LogP contribution >= 0.6 is 34.4 Å². The Morgan fingerprint density at radius 3 is 2.67 bits per heavy atom. The molecule has 2 heterocycles. The van der Waals surface area contributed by atoms with E-state index in [0.717, 1.165) is 28.0 Å². The zero-order valence-electron chi connectivity index (χ0n) is 11.0. The number of carbonyl (C=O) groups is 1. The lowest BCUT2D eigenvalue weighted by atomic mass is 10.4. The maximum Gasteiger partial charge on any atom is 0.313 e. The van der Waals surface area contributed by atoms with Gasteiger partial charge in [0.2, 0.25) is 5.13 Å². The first-order valence-electron chi connectivity index (χ1n) is 5.56. The average Bonchev–Trinajstić information content (AvgIpc) is 2.93. The van der Waals surface area contributed by atoms with Gasteiger partial charge in [-0.1, -0.05) is 23.1 Å². The molecule has 0 unspecified atom stereocenters. The minimum Gasteiger partial charge on any atom is -0.481 e. The van der Waals surface area contributed by atoms with Gasteiger partial charge in [0, 0.05) is 9.75 Å². The topological polar surface area (TPSA) is 109 Å². The maximum atomic E-state index is 12.2. The number of hydrogen-bond acceptors (Lipinski definition) is 8. The van der Waals surface area contributed by atoms with Crippen LogP contribution in [0.25, 0.3) is 0 Å². The largest absolute Gasteiger partial charge is 0.481 e. The van der Waals surface area contributed by atoms with Crippen molar-refractivity contribution < 1.29 is 18.3 Å². The fraction of sp³-hybridized carbons (Fsp3) is 0.300. The van der Waals surface area contributed by atoms with Gasteiger partial charge in [-0.15, -0.1) is 21.5 Å². The zero-order chi connectivity index (χ0) is 15.6. The van der Waals surface area contributed by atoms with Crippen molar-refractivity contribution >= 4 is 55.6 Å². The van der Waals surface area contributed by atoms with Gasteiger partial charge < -0.3 is 5.11 Å². The third-order valence-corrected chi connectivity index (χ3v) is 6.88. The van der Waals surface area contributed by atoms with Crippen molar-refractivity contribution in [3.8, 4) is 0 Å². The van der Waals surface area contributed by atoms with Gasteiger partial charge >= 0.3 is 5.97 Å². The maximum absolute atomic E-state index is 12.2. The van der Waals surface area contributed by atoms with Crippen molar-refractivity contribution in [3.63, 3.8) is 0 Å². The molecule has 2 aromatic rings. The quantitative estimate of drug-likeness (QED) is 0.755. The summed E-state index contributed by atoms with van der Waals surface area (Å²) < 4.78 is 27.2. The molecule has 0 fully saturated rings. The molecule has 114 valence electrons. The van der Waals surface area contributed by atoms with Crippen LogP contribution in [0.1, 0.15) is 9.75 Å². The Hall–Kier alpha value is -1.17. The van der Waals surface area contributed by atoms with E-state index in [-0.39, 0.29) is 15.8 Å². The number of rotatable bonds is 6. The van der Waals surface area contributed by atoms with Crippen LogP contribution in [-0.2, 0) is 14.8 Å². The highest BCUT2D eigenvalue weighted by Gasteiger charge is 2.21. The molecule has 0 saturated heterocycles. The smallest absolute Gasteiger partial charge is 0.313 e. The summed E-state index contributed by atoms with van der Waals surface area (Å²) in [5.74, 6) is -1.12. The molecule has 0 aliphatic carbocycles. The van der Waals surface area contributed by atoms with Gasteiger partial charge in [0.25, 0.3) is 10.0 Å². The number of nitrogens with zero attached hydrogens (tertiary/aromatic N) is 2. The molecule has 0 aromatic carbocycles. The van der Waals surface area contributed by atoms with Gasteiger partial charge in [0.1, 0.15) is 4.90 Å². The summed E-state index contributed by atoms with van der Waals surface area (Å²) in [5.41, 5.74) is 0. The van der Waals surface area contributed by atoms with Gasteiger partial charge in [-0.3, -0.25) is 9.52 Å². The Bertz CT molecular complexity index is 765. The highest BCUT2D eigenvalue weighted by Crippen LogP contribution is 2.29. The molecule has 0 radical (unpaired) electrons. The van der Waals surface area contributed by atoms with E-state index in [0.29, 0.717) is 9.22 Å². The predicted octanol–water partition coefficient (Wildman–Crippen LogP) is 2.19. The van der Waals surface area contributed by atoms with Crippen molar-refractivity contribution in [2.75, 3.05) is 10.5 Å². The van der Waals surface area contributed by atoms with Gasteiger partial charge in [-0.05, 0) is 19.9 Å². The number of hydrogen-bond donors (Lipinski definition) is 2. The predicted molar refractivity (Wildman–Crippen MR) is 82.9 cm³/mol. The summed E-state index contributed by atoms with van der Waals surface area (Å²) in [6, 6.07) is 1.60. The van der Waals surface area contributed by atoms with E-state index in [1.165, 1.54) is 11.3 Å².